The number of carbonyl (C=O) groups excluding carboxylic acids is 1. The summed E-state index contributed by atoms with van der Waals surface area (Å²) in [5.41, 5.74) is 3.00. The number of esters is 1. The molecule has 5 rings (SSSR count). The molecule has 9 nitrogen and oxygen atoms in total. The molecule has 1 N–H and O–H groups in total. The Morgan fingerprint density at radius 3 is 2.82 bits per heavy atom. The second kappa shape index (κ2) is 10.6. The van der Waals surface area contributed by atoms with Gasteiger partial charge >= 0.3 is 5.97 Å². The number of nitrogens with one attached hydrogen (secondary N) is 1. The lowest BCUT2D eigenvalue weighted by molar-refractivity contribution is -0.131. The minimum absolute atomic E-state index is 0.241. The second-order valence-corrected chi connectivity index (χ2v) is 10.1. The Labute approximate surface area is 223 Å². The van der Waals surface area contributed by atoms with Crippen LogP contribution in [0.1, 0.15) is 12.5 Å². The maximum atomic E-state index is 13.2. The molecular weight excluding hydrogens is 500 g/mol. The van der Waals surface area contributed by atoms with E-state index in [1.54, 1.807) is 40.3 Å². The summed E-state index contributed by atoms with van der Waals surface area (Å²) in [4.78, 5) is 36.0. The van der Waals surface area contributed by atoms with Crippen molar-refractivity contribution in [1.29, 1.82) is 0 Å². The molecule has 3 aromatic heterocycles. The molecule has 38 heavy (non-hydrogen) atoms. The van der Waals surface area contributed by atoms with Gasteiger partial charge in [0.25, 0.3) is 5.56 Å². The molecule has 0 unspecified atom stereocenters. The van der Waals surface area contributed by atoms with E-state index in [2.05, 4.69) is 53.4 Å². The van der Waals surface area contributed by atoms with Crippen LogP contribution in [-0.4, -0.2) is 50.8 Å². The average Bonchev–Trinajstić information content (AvgIpc) is 3.40. The highest BCUT2D eigenvalue weighted by Crippen LogP contribution is 2.30. The lowest BCUT2D eigenvalue weighted by Crippen LogP contribution is -2.21. The Hall–Kier alpha value is -4.28. The van der Waals surface area contributed by atoms with E-state index >= 15 is 0 Å². The number of benzene rings is 2. The fourth-order valence-electron chi connectivity index (χ4n) is 4.31. The van der Waals surface area contributed by atoms with Gasteiger partial charge in [0.15, 0.2) is 5.65 Å². The SMILES string of the molecule is C=CCn1c(=O)c2cnc(Nc3ccc4c(CCN(C)C)csc4c3)nc2n1-c1cccc(OC(C)=O)c1. The van der Waals surface area contributed by atoms with Crippen molar-refractivity contribution >= 4 is 50.1 Å². The molecule has 0 saturated heterocycles. The third-order valence-corrected chi connectivity index (χ3v) is 7.04. The standard InChI is InChI=1S/C28H28N6O3S/c1-5-12-33-27(36)24-16-29-28(31-26(24)34(33)21-7-6-8-22(15-21)37-18(2)35)30-20-9-10-23-19(11-13-32(3)4)17-38-25(23)14-20/h5-10,14-17H,1,11-13H2,2-4H3,(H,29,30,31). The van der Waals surface area contributed by atoms with Gasteiger partial charge in [-0.15, -0.1) is 17.9 Å². The second-order valence-electron chi connectivity index (χ2n) is 9.16. The number of hydrogen-bond donors (Lipinski definition) is 1. The van der Waals surface area contributed by atoms with Gasteiger partial charge in [0, 0.05) is 36.1 Å². The summed E-state index contributed by atoms with van der Waals surface area (Å²) in [6, 6.07) is 13.2. The van der Waals surface area contributed by atoms with Gasteiger partial charge in [-0.3, -0.25) is 9.59 Å². The van der Waals surface area contributed by atoms with Gasteiger partial charge in [-0.2, -0.15) is 4.98 Å². The van der Waals surface area contributed by atoms with Crippen LogP contribution >= 0.6 is 11.3 Å². The first-order chi connectivity index (χ1) is 18.3. The molecule has 0 aliphatic carbocycles. The fraction of sp³-hybridized carbons (Fsp3) is 0.214. The summed E-state index contributed by atoms with van der Waals surface area (Å²) in [6.07, 6.45) is 4.17. The van der Waals surface area contributed by atoms with E-state index in [1.807, 2.05) is 12.1 Å². The predicted octanol–water partition coefficient (Wildman–Crippen LogP) is 4.76. The summed E-state index contributed by atoms with van der Waals surface area (Å²) in [7, 11) is 4.16. The van der Waals surface area contributed by atoms with Crippen molar-refractivity contribution in [1.82, 2.24) is 24.2 Å². The molecule has 2 aromatic carbocycles. The number of likely N-dealkylation sites (N-methyl/N-ethyl adjacent to an activating group) is 1. The maximum Gasteiger partial charge on any atom is 0.308 e. The number of ether oxygens (including phenoxy) is 1. The number of thiophene rings is 1. The van der Waals surface area contributed by atoms with Crippen molar-refractivity contribution in [2.45, 2.75) is 19.9 Å². The number of nitrogens with zero attached hydrogens (tertiary/aromatic N) is 5. The van der Waals surface area contributed by atoms with Gasteiger partial charge < -0.3 is 15.0 Å². The van der Waals surface area contributed by atoms with Crippen LogP contribution in [0.5, 0.6) is 5.75 Å². The number of hydrogen-bond acceptors (Lipinski definition) is 8. The smallest absolute Gasteiger partial charge is 0.308 e. The minimum Gasteiger partial charge on any atom is -0.427 e. The first kappa shape index (κ1) is 25.4. The first-order valence-electron chi connectivity index (χ1n) is 12.1. The number of anilines is 2. The van der Waals surface area contributed by atoms with Crippen LogP contribution in [0.4, 0.5) is 11.6 Å². The largest absolute Gasteiger partial charge is 0.427 e. The van der Waals surface area contributed by atoms with Crippen molar-refractivity contribution in [2.24, 2.45) is 0 Å². The minimum atomic E-state index is -0.427. The number of allylic oxidation sites excluding steroid dienone is 1. The molecule has 10 heteroatoms. The monoisotopic (exact) mass is 528 g/mol. The lowest BCUT2D eigenvalue weighted by atomic mass is 10.1. The van der Waals surface area contributed by atoms with E-state index in [0.29, 0.717) is 28.4 Å². The summed E-state index contributed by atoms with van der Waals surface area (Å²) in [6.45, 7) is 6.39. The molecule has 0 spiro atoms. The Kier molecular flexibility index (Phi) is 7.08. The van der Waals surface area contributed by atoms with E-state index < -0.39 is 5.97 Å². The average molecular weight is 529 g/mol. The fourth-order valence-corrected chi connectivity index (χ4v) is 5.35. The Morgan fingerprint density at radius 1 is 1.21 bits per heavy atom. The van der Waals surface area contributed by atoms with Crippen LogP contribution in [0.3, 0.4) is 0 Å². The zero-order valence-electron chi connectivity index (χ0n) is 21.5. The quantitative estimate of drug-likeness (QED) is 0.168. The van der Waals surface area contributed by atoms with Crippen molar-refractivity contribution in [3.8, 4) is 11.4 Å². The normalized spacial score (nSPS) is 11.4. The van der Waals surface area contributed by atoms with Gasteiger partial charge in [0.05, 0.1) is 12.2 Å². The molecular formula is C28H28N6O3S. The predicted molar refractivity (Wildman–Crippen MR) is 152 cm³/mol. The van der Waals surface area contributed by atoms with Crippen molar-refractivity contribution < 1.29 is 9.53 Å². The molecule has 0 radical (unpaired) electrons. The Morgan fingerprint density at radius 2 is 2.05 bits per heavy atom. The van der Waals surface area contributed by atoms with Crippen LogP contribution in [0.2, 0.25) is 0 Å². The number of aromatic nitrogens is 4. The molecule has 0 aliphatic rings. The molecule has 0 saturated carbocycles. The maximum absolute atomic E-state index is 13.2. The molecule has 5 aromatic rings. The van der Waals surface area contributed by atoms with Gasteiger partial charge in [-0.05, 0) is 61.1 Å². The van der Waals surface area contributed by atoms with E-state index in [4.69, 9.17) is 9.72 Å². The highest BCUT2D eigenvalue weighted by molar-refractivity contribution is 7.17. The third-order valence-electron chi connectivity index (χ3n) is 6.04. The van der Waals surface area contributed by atoms with Crippen LogP contribution in [-0.2, 0) is 17.8 Å². The summed E-state index contributed by atoms with van der Waals surface area (Å²) < 4.78 is 9.65. The third kappa shape index (κ3) is 5.09. The van der Waals surface area contributed by atoms with Gasteiger partial charge in [-0.25, -0.2) is 14.3 Å². The van der Waals surface area contributed by atoms with Crippen LogP contribution in [0.25, 0.3) is 26.8 Å². The van der Waals surface area contributed by atoms with Crippen LogP contribution in [0.15, 0.2) is 71.5 Å². The molecule has 3 heterocycles. The highest BCUT2D eigenvalue weighted by Gasteiger charge is 2.18. The number of rotatable bonds is 9. The van der Waals surface area contributed by atoms with Crippen molar-refractivity contribution in [2.75, 3.05) is 26.0 Å². The molecule has 0 aliphatic heterocycles. The van der Waals surface area contributed by atoms with Gasteiger partial charge in [0.2, 0.25) is 5.95 Å². The summed E-state index contributed by atoms with van der Waals surface area (Å²) in [5.74, 6) is 0.308. The topological polar surface area (TPSA) is 94.3 Å². The molecule has 194 valence electrons. The molecule has 0 amide bonds. The first-order valence-corrected chi connectivity index (χ1v) is 13.0. The Balaban J connectivity index is 1.53. The van der Waals surface area contributed by atoms with E-state index in [1.165, 1.54) is 33.5 Å². The van der Waals surface area contributed by atoms with Crippen LogP contribution < -0.4 is 15.6 Å². The van der Waals surface area contributed by atoms with Gasteiger partial charge in [0.1, 0.15) is 11.1 Å². The molecule has 0 fully saturated rings. The van der Waals surface area contributed by atoms with Crippen LogP contribution in [0, 0.1) is 0 Å². The zero-order chi connectivity index (χ0) is 26.8. The van der Waals surface area contributed by atoms with E-state index in [9.17, 15) is 9.59 Å². The van der Waals surface area contributed by atoms with E-state index in [-0.39, 0.29) is 12.1 Å². The van der Waals surface area contributed by atoms with Crippen molar-refractivity contribution in [3.63, 3.8) is 0 Å². The number of carbonyl (C=O) groups is 1. The Bertz CT molecular complexity index is 1720. The molecule has 0 atom stereocenters. The summed E-state index contributed by atoms with van der Waals surface area (Å²) >= 11 is 1.72. The summed E-state index contributed by atoms with van der Waals surface area (Å²) in [5, 5.41) is 7.12. The zero-order valence-corrected chi connectivity index (χ0v) is 22.3. The lowest BCUT2D eigenvalue weighted by Gasteiger charge is -2.12. The van der Waals surface area contributed by atoms with Crippen molar-refractivity contribution in [3.05, 3.63) is 82.6 Å². The van der Waals surface area contributed by atoms with E-state index in [0.717, 1.165) is 18.7 Å². The highest BCUT2D eigenvalue weighted by atomic mass is 32.1. The molecule has 0 bridgehead atoms. The van der Waals surface area contributed by atoms with Gasteiger partial charge in [-0.1, -0.05) is 18.2 Å². The number of fused-ring (bicyclic) bond motifs is 2.